The van der Waals surface area contributed by atoms with E-state index >= 15 is 0 Å². The van der Waals surface area contributed by atoms with Crippen molar-refractivity contribution in [3.05, 3.63) is 67.7 Å². The van der Waals surface area contributed by atoms with Crippen molar-refractivity contribution in [3.8, 4) is 17.7 Å². The van der Waals surface area contributed by atoms with Crippen molar-refractivity contribution < 1.29 is 13.2 Å². The van der Waals surface area contributed by atoms with Crippen molar-refractivity contribution in [2.75, 3.05) is 24.2 Å². The minimum Gasteiger partial charge on any atom is -0.436 e. The summed E-state index contributed by atoms with van der Waals surface area (Å²) in [5.41, 5.74) is 1.89. The molecule has 1 N–H and O–H groups in total. The number of hydrogen-bond donors (Lipinski definition) is 1. The van der Waals surface area contributed by atoms with Crippen molar-refractivity contribution in [1.29, 1.82) is 5.26 Å². The summed E-state index contributed by atoms with van der Waals surface area (Å²) in [4.78, 5) is 11.5. The molecular formula is C25H24BrCl2N5O3S. The summed E-state index contributed by atoms with van der Waals surface area (Å²) in [5, 5.41) is 13.2. The zero-order chi connectivity index (χ0) is 26.7. The topological polar surface area (TPSA) is 108 Å². The number of rotatable bonds is 7. The van der Waals surface area contributed by atoms with E-state index in [-0.39, 0.29) is 16.8 Å². The number of anilines is 1. The Bertz CT molecular complexity index is 1450. The summed E-state index contributed by atoms with van der Waals surface area (Å²) in [6.45, 7) is 3.89. The molecule has 0 unspecified atom stereocenters. The normalized spacial score (nSPS) is 14.3. The second-order valence-corrected chi connectivity index (χ2v) is 12.5. The fourth-order valence-electron chi connectivity index (χ4n) is 4.13. The van der Waals surface area contributed by atoms with E-state index in [0.717, 1.165) is 37.8 Å². The predicted molar refractivity (Wildman–Crippen MR) is 147 cm³/mol. The number of nitrogens with one attached hydrogen (secondary N) is 1. The maximum Gasteiger partial charge on any atom is 0.238 e. The molecule has 1 aromatic heterocycles. The van der Waals surface area contributed by atoms with E-state index in [1.807, 2.05) is 6.92 Å². The first-order chi connectivity index (χ1) is 17.6. The van der Waals surface area contributed by atoms with Crippen LogP contribution < -0.4 is 15.0 Å². The summed E-state index contributed by atoms with van der Waals surface area (Å²) in [5.74, 6) is 1.12. The van der Waals surface area contributed by atoms with Crippen molar-refractivity contribution in [1.82, 2.24) is 15.3 Å². The average Bonchev–Trinajstić information content (AvgIpc) is 2.86. The second-order valence-electron chi connectivity index (χ2n) is 8.78. The number of aryl methyl sites for hydroxylation is 1. The van der Waals surface area contributed by atoms with E-state index < -0.39 is 9.84 Å². The van der Waals surface area contributed by atoms with Gasteiger partial charge in [0.25, 0.3) is 0 Å². The van der Waals surface area contributed by atoms with E-state index in [1.54, 1.807) is 30.5 Å². The van der Waals surface area contributed by atoms with Crippen LogP contribution in [0.5, 0.6) is 11.6 Å². The molecule has 1 saturated heterocycles. The second kappa shape index (κ2) is 11.5. The van der Waals surface area contributed by atoms with Gasteiger partial charge in [-0.15, -0.1) is 0 Å². The fraction of sp³-hybridized carbons (Fsp3) is 0.320. The molecule has 2 heterocycles. The van der Waals surface area contributed by atoms with Crippen LogP contribution in [0.2, 0.25) is 10.0 Å². The Kier molecular flexibility index (Phi) is 8.61. The van der Waals surface area contributed by atoms with Gasteiger partial charge in [0, 0.05) is 23.9 Å². The van der Waals surface area contributed by atoms with Crippen LogP contribution in [0.3, 0.4) is 0 Å². The van der Waals surface area contributed by atoms with Gasteiger partial charge in [-0.25, -0.2) is 13.4 Å². The molecule has 12 heteroatoms. The van der Waals surface area contributed by atoms with Gasteiger partial charge in [-0.3, -0.25) is 0 Å². The Morgan fingerprint density at radius 3 is 2.57 bits per heavy atom. The van der Waals surface area contributed by atoms with Gasteiger partial charge in [-0.05, 0) is 84.2 Å². The highest BCUT2D eigenvalue weighted by Crippen LogP contribution is 2.37. The van der Waals surface area contributed by atoms with Crippen molar-refractivity contribution in [2.45, 2.75) is 37.2 Å². The third-order valence-corrected chi connectivity index (χ3v) is 8.34. The number of benzene rings is 2. The summed E-state index contributed by atoms with van der Waals surface area (Å²) in [6.07, 6.45) is 4.51. The standard InChI is InChI=1S/C25H24BrCl2N5O3S/c1-15-9-16(12-29)10-22(28)23(15)36-24-20(26)13-31-25(32-24)33(18-5-7-30-8-6-18)14-17-3-4-19(11-21(17)27)37(2,34)35/h3-4,9-11,13,18,30H,5-8,14H2,1-2H3. The van der Waals surface area contributed by atoms with Gasteiger partial charge in [-0.2, -0.15) is 10.2 Å². The van der Waals surface area contributed by atoms with Gasteiger partial charge < -0.3 is 15.0 Å². The van der Waals surface area contributed by atoms with E-state index in [4.69, 9.17) is 32.9 Å². The van der Waals surface area contributed by atoms with Gasteiger partial charge in [0.05, 0.1) is 32.2 Å². The summed E-state index contributed by atoms with van der Waals surface area (Å²) < 4.78 is 30.5. The largest absolute Gasteiger partial charge is 0.436 e. The molecule has 1 aliphatic heterocycles. The molecule has 0 radical (unpaired) electrons. The number of sulfone groups is 1. The Hall–Kier alpha value is -2.42. The number of piperidine rings is 1. The van der Waals surface area contributed by atoms with Crippen LogP contribution in [0.25, 0.3) is 0 Å². The van der Waals surface area contributed by atoms with E-state index in [2.05, 4.69) is 37.2 Å². The lowest BCUT2D eigenvalue weighted by molar-refractivity contribution is 0.418. The van der Waals surface area contributed by atoms with Crippen molar-refractivity contribution in [2.24, 2.45) is 0 Å². The molecular weight excluding hydrogens is 601 g/mol. The first kappa shape index (κ1) is 27.6. The lowest BCUT2D eigenvalue weighted by atomic mass is 10.0. The number of aromatic nitrogens is 2. The molecule has 194 valence electrons. The van der Waals surface area contributed by atoms with Gasteiger partial charge >= 0.3 is 0 Å². The van der Waals surface area contributed by atoms with Crippen LogP contribution in [0.1, 0.15) is 29.5 Å². The third-order valence-electron chi connectivity index (χ3n) is 6.06. The Morgan fingerprint density at radius 2 is 1.95 bits per heavy atom. The van der Waals surface area contributed by atoms with Gasteiger partial charge in [0.2, 0.25) is 11.8 Å². The lowest BCUT2D eigenvalue weighted by Gasteiger charge is -2.35. The molecule has 37 heavy (non-hydrogen) atoms. The highest BCUT2D eigenvalue weighted by Gasteiger charge is 2.26. The molecule has 0 atom stereocenters. The average molecular weight is 625 g/mol. The molecule has 0 saturated carbocycles. The maximum atomic E-state index is 12.0. The quantitative estimate of drug-likeness (QED) is 0.358. The number of halogens is 3. The summed E-state index contributed by atoms with van der Waals surface area (Å²) in [6, 6.07) is 10.2. The number of nitriles is 1. The molecule has 1 aliphatic rings. The van der Waals surface area contributed by atoms with Gasteiger partial charge in [-0.1, -0.05) is 29.3 Å². The van der Waals surface area contributed by atoms with E-state index in [1.165, 1.54) is 6.07 Å². The maximum absolute atomic E-state index is 12.0. The lowest BCUT2D eigenvalue weighted by Crippen LogP contribution is -2.43. The number of ether oxygens (including phenoxy) is 1. The van der Waals surface area contributed by atoms with E-state index in [9.17, 15) is 13.7 Å². The minimum absolute atomic E-state index is 0.126. The SMILES string of the molecule is Cc1cc(C#N)cc(Cl)c1Oc1nc(N(Cc2ccc(S(C)(=O)=O)cc2Cl)C2CCNCC2)ncc1Br. The van der Waals surface area contributed by atoms with Crippen molar-refractivity contribution >= 4 is 54.9 Å². The highest BCUT2D eigenvalue weighted by molar-refractivity contribution is 9.10. The number of hydrogen-bond acceptors (Lipinski definition) is 8. The molecule has 0 spiro atoms. The Labute approximate surface area is 234 Å². The first-order valence-corrected chi connectivity index (χ1v) is 14.9. The van der Waals surface area contributed by atoms with E-state index in [0.29, 0.717) is 43.9 Å². The smallest absolute Gasteiger partial charge is 0.238 e. The summed E-state index contributed by atoms with van der Waals surface area (Å²) in [7, 11) is -3.38. The Balaban J connectivity index is 1.71. The van der Waals surface area contributed by atoms with Crippen LogP contribution in [-0.2, 0) is 16.4 Å². The third kappa shape index (κ3) is 6.54. The zero-order valence-corrected chi connectivity index (χ0v) is 24.0. The molecule has 3 aromatic rings. The Morgan fingerprint density at radius 1 is 1.22 bits per heavy atom. The van der Waals surface area contributed by atoms with Gasteiger partial charge in [0.1, 0.15) is 0 Å². The summed E-state index contributed by atoms with van der Waals surface area (Å²) >= 11 is 16.4. The number of nitrogens with zero attached hydrogens (tertiary/aromatic N) is 4. The molecule has 1 fully saturated rings. The van der Waals surface area contributed by atoms with Crippen LogP contribution in [0, 0.1) is 18.3 Å². The highest BCUT2D eigenvalue weighted by atomic mass is 79.9. The predicted octanol–water partition coefficient (Wildman–Crippen LogP) is 5.68. The van der Waals surface area contributed by atoms with Crippen LogP contribution in [0.15, 0.2) is 45.9 Å². The molecule has 2 aromatic carbocycles. The van der Waals surface area contributed by atoms with Crippen LogP contribution >= 0.6 is 39.1 Å². The molecule has 0 amide bonds. The van der Waals surface area contributed by atoms with Crippen LogP contribution in [0.4, 0.5) is 5.95 Å². The molecule has 0 aliphatic carbocycles. The monoisotopic (exact) mass is 623 g/mol. The molecule has 0 bridgehead atoms. The van der Waals surface area contributed by atoms with Gasteiger partial charge in [0.15, 0.2) is 15.6 Å². The fourth-order valence-corrected chi connectivity index (χ4v) is 5.66. The molecule has 4 rings (SSSR count). The zero-order valence-electron chi connectivity index (χ0n) is 20.1. The minimum atomic E-state index is -3.38. The van der Waals surface area contributed by atoms with Crippen molar-refractivity contribution in [3.63, 3.8) is 0 Å². The van der Waals surface area contributed by atoms with Crippen LogP contribution in [-0.4, -0.2) is 43.8 Å². The molecule has 8 nitrogen and oxygen atoms in total. The first-order valence-electron chi connectivity index (χ1n) is 11.4.